The Hall–Kier alpha value is -2.01. The Balaban J connectivity index is 1.78. The molecule has 6 nitrogen and oxygen atoms in total. The maximum absolute atomic E-state index is 10.2. The van der Waals surface area contributed by atoms with E-state index < -0.39 is 16.6 Å². The first-order valence-electron chi connectivity index (χ1n) is 13.6. The number of benzene rings is 1. The molecule has 1 aromatic carbocycles. The van der Waals surface area contributed by atoms with Crippen LogP contribution in [0.5, 0.6) is 6.01 Å². The molecule has 2 aromatic rings. The Bertz CT molecular complexity index is 1140. The van der Waals surface area contributed by atoms with Crippen molar-refractivity contribution in [3.05, 3.63) is 40.7 Å². The summed E-state index contributed by atoms with van der Waals surface area (Å²) in [5.41, 5.74) is 5.44. The predicted octanol–water partition coefficient (Wildman–Crippen LogP) is 8.17. The van der Waals surface area contributed by atoms with Gasteiger partial charge in [-0.2, -0.15) is 9.97 Å². The van der Waals surface area contributed by atoms with E-state index in [4.69, 9.17) is 23.6 Å². The highest BCUT2D eigenvalue weighted by Crippen LogP contribution is 2.41. The molecule has 0 spiro atoms. The molecule has 1 aliphatic rings. The zero-order valence-corrected chi connectivity index (χ0v) is 27.6. The van der Waals surface area contributed by atoms with Crippen LogP contribution in [0.4, 0.5) is 0 Å². The Labute approximate surface area is 232 Å². The van der Waals surface area contributed by atoms with Crippen LogP contribution in [-0.2, 0) is 8.85 Å². The molecule has 1 N–H and O–H groups in total. The summed E-state index contributed by atoms with van der Waals surface area (Å²) in [5, 5.41) is 10.5. The highest BCUT2D eigenvalue weighted by atomic mass is 28.4. The normalized spacial score (nSPS) is 14.3. The quantitative estimate of drug-likeness (QED) is 0.298. The summed E-state index contributed by atoms with van der Waals surface area (Å²) in [5.74, 6) is 0.374. The van der Waals surface area contributed by atoms with Gasteiger partial charge in [-0.15, -0.1) is 0 Å². The number of hydrogen-bond donors (Lipinski definition) is 1. The van der Waals surface area contributed by atoms with Crippen LogP contribution in [-0.4, -0.2) is 51.5 Å². The zero-order valence-electron chi connectivity index (χ0n) is 25.6. The van der Waals surface area contributed by atoms with Gasteiger partial charge in [0, 0.05) is 30.3 Å². The molecule has 0 unspecified atom stereocenters. The summed E-state index contributed by atoms with van der Waals surface area (Å²) in [7, 11) is -3.83. The van der Waals surface area contributed by atoms with Crippen LogP contribution in [0.3, 0.4) is 0 Å². The van der Waals surface area contributed by atoms with Crippen molar-refractivity contribution in [3.8, 4) is 17.1 Å². The number of rotatable bonds is 10. The maximum Gasteiger partial charge on any atom is 0.316 e. The lowest BCUT2D eigenvalue weighted by atomic mass is 9.86. The molecule has 3 rings (SSSR count). The number of aliphatic hydroxyl groups is 1. The van der Waals surface area contributed by atoms with Crippen molar-refractivity contribution in [1.29, 1.82) is 0 Å². The van der Waals surface area contributed by atoms with Gasteiger partial charge in [0.2, 0.25) is 0 Å². The first-order chi connectivity index (χ1) is 17.3. The second-order valence-electron chi connectivity index (χ2n) is 13.7. The van der Waals surface area contributed by atoms with Crippen LogP contribution in [0.25, 0.3) is 23.0 Å². The van der Waals surface area contributed by atoms with Gasteiger partial charge in [-0.25, -0.2) is 0 Å². The number of fused-ring (bicyclic) bond motifs is 1. The minimum atomic E-state index is -1.92. The largest absolute Gasteiger partial charge is 0.507 e. The molecule has 1 aliphatic carbocycles. The third-order valence-corrected chi connectivity index (χ3v) is 17.6. The molecule has 1 aromatic heterocycles. The molecule has 0 amide bonds. The van der Waals surface area contributed by atoms with Crippen molar-refractivity contribution < 1.29 is 18.7 Å². The third-order valence-electron chi connectivity index (χ3n) is 8.58. The van der Waals surface area contributed by atoms with E-state index in [0.717, 1.165) is 33.6 Å². The SMILES string of the molecule is Cc1nc(OCC(CO[Si](C)(C)C(C)(C)C)CO[Si](C)(C)C(C)(C)C)nc(C)c1-c1cccc2c1C(O)=C2. The van der Waals surface area contributed by atoms with E-state index in [1.165, 1.54) is 0 Å². The van der Waals surface area contributed by atoms with Gasteiger partial charge < -0.3 is 18.7 Å². The van der Waals surface area contributed by atoms with Crippen molar-refractivity contribution in [1.82, 2.24) is 9.97 Å². The Kier molecular flexibility index (Phi) is 8.73. The van der Waals surface area contributed by atoms with Crippen LogP contribution in [0.2, 0.25) is 36.3 Å². The van der Waals surface area contributed by atoms with E-state index in [0.29, 0.717) is 31.6 Å². The fourth-order valence-electron chi connectivity index (χ4n) is 3.89. The Morgan fingerprint density at radius 2 is 1.29 bits per heavy atom. The fraction of sp³-hybridized carbons (Fsp3) is 0.600. The summed E-state index contributed by atoms with van der Waals surface area (Å²) < 4.78 is 19.4. The number of aliphatic hydroxyl groups excluding tert-OH is 1. The maximum atomic E-state index is 10.2. The van der Waals surface area contributed by atoms with E-state index in [-0.39, 0.29) is 16.0 Å². The average Bonchev–Trinajstić information content (AvgIpc) is 2.75. The molecule has 0 radical (unpaired) electrons. The molecular weight excluding hydrogens is 509 g/mol. The first kappa shape index (κ1) is 30.5. The summed E-state index contributed by atoms with van der Waals surface area (Å²) in [6.45, 7) is 28.2. The van der Waals surface area contributed by atoms with Crippen LogP contribution in [0.15, 0.2) is 18.2 Å². The minimum Gasteiger partial charge on any atom is -0.507 e. The van der Waals surface area contributed by atoms with E-state index >= 15 is 0 Å². The number of nitrogens with zero attached hydrogens (tertiary/aromatic N) is 2. The zero-order chi connectivity index (χ0) is 28.7. The molecule has 0 saturated carbocycles. The van der Waals surface area contributed by atoms with Crippen LogP contribution in [0.1, 0.15) is 64.1 Å². The molecule has 0 saturated heterocycles. The summed E-state index contributed by atoms with van der Waals surface area (Å²) >= 11 is 0. The van der Waals surface area contributed by atoms with Crippen LogP contribution in [0, 0.1) is 19.8 Å². The van der Waals surface area contributed by atoms with Gasteiger partial charge in [0.15, 0.2) is 16.6 Å². The van der Waals surface area contributed by atoms with Crippen molar-refractivity contribution in [3.63, 3.8) is 0 Å². The molecule has 210 valence electrons. The van der Waals surface area contributed by atoms with Crippen molar-refractivity contribution >= 4 is 28.5 Å². The van der Waals surface area contributed by atoms with Crippen LogP contribution >= 0.6 is 0 Å². The molecule has 0 atom stereocenters. The third kappa shape index (κ3) is 6.58. The van der Waals surface area contributed by atoms with Gasteiger partial charge in [-0.3, -0.25) is 0 Å². The Morgan fingerprint density at radius 1 is 0.789 bits per heavy atom. The van der Waals surface area contributed by atoms with Gasteiger partial charge in [-0.1, -0.05) is 59.7 Å². The minimum absolute atomic E-state index is 0.0677. The monoisotopic (exact) mass is 556 g/mol. The number of aryl methyl sites for hydroxylation is 2. The summed E-state index contributed by atoms with van der Waals surface area (Å²) in [6.07, 6.45) is 1.78. The lowest BCUT2D eigenvalue weighted by molar-refractivity contribution is 0.109. The van der Waals surface area contributed by atoms with Gasteiger partial charge in [-0.05, 0) is 67.3 Å². The first-order valence-corrected chi connectivity index (χ1v) is 19.5. The predicted molar refractivity (Wildman–Crippen MR) is 163 cm³/mol. The molecule has 0 bridgehead atoms. The molecular formula is C30H48N2O4Si2. The summed E-state index contributed by atoms with van der Waals surface area (Å²) in [6, 6.07) is 6.37. The van der Waals surface area contributed by atoms with Crippen molar-refractivity contribution in [2.24, 2.45) is 5.92 Å². The molecule has 0 fully saturated rings. The van der Waals surface area contributed by atoms with E-state index in [1.54, 1.807) is 6.08 Å². The average molecular weight is 557 g/mol. The highest BCUT2D eigenvalue weighted by Gasteiger charge is 2.40. The lowest BCUT2D eigenvalue weighted by Gasteiger charge is -2.39. The smallest absolute Gasteiger partial charge is 0.316 e. The molecule has 0 aliphatic heterocycles. The number of hydrogen-bond acceptors (Lipinski definition) is 6. The Morgan fingerprint density at radius 3 is 1.74 bits per heavy atom. The number of ether oxygens (including phenoxy) is 1. The van der Waals surface area contributed by atoms with Crippen molar-refractivity contribution in [2.45, 2.75) is 91.7 Å². The highest BCUT2D eigenvalue weighted by molar-refractivity contribution is 6.74. The molecule has 8 heteroatoms. The van der Waals surface area contributed by atoms with Crippen LogP contribution < -0.4 is 4.74 Å². The standard InChI is InChI=1S/C30H48N2O4Si2/c1-20-26(24-15-13-14-23-16-25(33)27(23)24)21(2)32-28(31-20)34-17-22(18-35-37(9,10)29(3,4)5)19-36-38(11,12)30(6,7)8/h13-16,22,33H,17-19H2,1-12H3. The van der Waals surface area contributed by atoms with Gasteiger partial charge in [0.25, 0.3) is 0 Å². The van der Waals surface area contributed by atoms with E-state index in [9.17, 15) is 5.11 Å². The number of aromatic nitrogens is 2. The second-order valence-corrected chi connectivity index (χ2v) is 23.3. The van der Waals surface area contributed by atoms with E-state index in [2.05, 4.69) is 67.7 Å². The van der Waals surface area contributed by atoms with Gasteiger partial charge >= 0.3 is 6.01 Å². The molecule has 1 heterocycles. The van der Waals surface area contributed by atoms with Gasteiger partial charge in [0.1, 0.15) is 5.76 Å². The van der Waals surface area contributed by atoms with Gasteiger partial charge in [0.05, 0.1) is 18.0 Å². The van der Waals surface area contributed by atoms with E-state index in [1.807, 2.05) is 32.0 Å². The van der Waals surface area contributed by atoms with Crippen molar-refractivity contribution in [2.75, 3.05) is 19.8 Å². The molecule has 38 heavy (non-hydrogen) atoms. The second kappa shape index (κ2) is 10.9. The lowest BCUT2D eigenvalue weighted by Crippen LogP contribution is -2.45. The summed E-state index contributed by atoms with van der Waals surface area (Å²) in [4.78, 5) is 9.40. The fourth-order valence-corrected chi connectivity index (χ4v) is 6.06. The topological polar surface area (TPSA) is 73.7 Å².